The van der Waals surface area contributed by atoms with Crippen LogP contribution in [0.2, 0.25) is 0 Å². The number of benzene rings is 1. The van der Waals surface area contributed by atoms with E-state index in [9.17, 15) is 9.59 Å². The molecule has 0 spiro atoms. The number of hydrogen-bond donors (Lipinski definition) is 0. The maximum Gasteiger partial charge on any atom is 0.350 e. The van der Waals surface area contributed by atoms with Crippen LogP contribution < -0.4 is 5.63 Å². The number of fused-ring (bicyclic) bond motifs is 1. The smallest absolute Gasteiger partial charge is 0.350 e. The number of carbonyl (C=O) groups excluding carboxylic acids is 1. The molecule has 100 valence electrons. The molecule has 20 heavy (non-hydrogen) atoms. The average Bonchev–Trinajstić information content (AvgIpc) is 2.37. The summed E-state index contributed by atoms with van der Waals surface area (Å²) in [6, 6.07) is 7.42. The number of rotatable bonds is 1. The standard InChI is InChI=1S/C15H10ClNO3/c1-8-3-2-4-9(5-8)14-17-11-6-10(16)7-12(18)13(11)15(19)20-14/h2-6H,7H2,1H3. The van der Waals surface area contributed by atoms with Gasteiger partial charge in [-0.25, -0.2) is 9.78 Å². The summed E-state index contributed by atoms with van der Waals surface area (Å²) in [4.78, 5) is 28.0. The monoisotopic (exact) mass is 287 g/mol. The van der Waals surface area contributed by atoms with E-state index in [1.54, 1.807) is 6.07 Å². The highest BCUT2D eigenvalue weighted by Gasteiger charge is 2.24. The van der Waals surface area contributed by atoms with Crippen molar-refractivity contribution in [2.45, 2.75) is 13.3 Å². The van der Waals surface area contributed by atoms with Gasteiger partial charge in [-0.2, -0.15) is 0 Å². The second-order valence-corrected chi connectivity index (χ2v) is 5.11. The lowest BCUT2D eigenvalue weighted by Crippen LogP contribution is -2.20. The van der Waals surface area contributed by atoms with Crippen LogP contribution in [0.1, 0.15) is 28.0 Å². The Morgan fingerprint density at radius 2 is 2.10 bits per heavy atom. The number of carbonyl (C=O) groups is 1. The zero-order valence-corrected chi connectivity index (χ0v) is 11.4. The van der Waals surface area contributed by atoms with Gasteiger partial charge in [0.05, 0.1) is 5.69 Å². The molecule has 0 aliphatic heterocycles. The first kappa shape index (κ1) is 12.8. The molecule has 0 atom stereocenters. The van der Waals surface area contributed by atoms with Crippen LogP contribution in [0.4, 0.5) is 0 Å². The van der Waals surface area contributed by atoms with E-state index in [2.05, 4.69) is 4.98 Å². The Bertz CT molecular complexity index is 805. The van der Waals surface area contributed by atoms with Crippen LogP contribution in [0.25, 0.3) is 17.5 Å². The Labute approximate surface area is 119 Å². The summed E-state index contributed by atoms with van der Waals surface area (Å²) < 4.78 is 5.16. The van der Waals surface area contributed by atoms with Gasteiger partial charge in [-0.3, -0.25) is 4.79 Å². The molecule has 0 fully saturated rings. The molecule has 1 heterocycles. The van der Waals surface area contributed by atoms with E-state index in [0.29, 0.717) is 10.6 Å². The Kier molecular flexibility index (Phi) is 3.03. The molecule has 0 radical (unpaired) electrons. The number of allylic oxidation sites excluding steroid dienone is 1. The van der Waals surface area contributed by atoms with Gasteiger partial charge >= 0.3 is 5.63 Å². The Balaban J connectivity index is 2.23. The van der Waals surface area contributed by atoms with Crippen molar-refractivity contribution in [3.8, 4) is 11.5 Å². The molecule has 0 saturated heterocycles. The van der Waals surface area contributed by atoms with E-state index in [1.165, 1.54) is 6.08 Å². The maximum atomic E-state index is 12.0. The fourth-order valence-electron chi connectivity index (χ4n) is 2.14. The quantitative estimate of drug-likeness (QED) is 0.808. The largest absolute Gasteiger partial charge is 0.403 e. The molecule has 1 aromatic carbocycles. The number of nitrogens with zero attached hydrogens (tertiary/aromatic N) is 1. The van der Waals surface area contributed by atoms with Crippen LogP contribution >= 0.6 is 11.6 Å². The molecule has 4 nitrogen and oxygen atoms in total. The highest BCUT2D eigenvalue weighted by atomic mass is 35.5. The molecule has 0 amide bonds. The predicted octanol–water partition coefficient (Wildman–Crippen LogP) is 3.18. The number of aromatic nitrogens is 1. The van der Waals surface area contributed by atoms with Gasteiger partial charge in [-0.05, 0) is 25.1 Å². The number of hydrogen-bond acceptors (Lipinski definition) is 4. The van der Waals surface area contributed by atoms with E-state index < -0.39 is 5.63 Å². The minimum Gasteiger partial charge on any atom is -0.403 e. The highest BCUT2D eigenvalue weighted by Crippen LogP contribution is 2.25. The van der Waals surface area contributed by atoms with Crippen molar-refractivity contribution in [3.05, 3.63) is 56.5 Å². The van der Waals surface area contributed by atoms with Gasteiger partial charge in [0.2, 0.25) is 5.89 Å². The number of ketones is 1. The van der Waals surface area contributed by atoms with Crippen molar-refractivity contribution in [2.24, 2.45) is 0 Å². The van der Waals surface area contributed by atoms with Gasteiger partial charge in [-0.15, -0.1) is 0 Å². The zero-order valence-electron chi connectivity index (χ0n) is 10.6. The molecule has 0 N–H and O–H groups in total. The van der Waals surface area contributed by atoms with Crippen molar-refractivity contribution in [3.63, 3.8) is 0 Å². The van der Waals surface area contributed by atoms with Crippen molar-refractivity contribution in [2.75, 3.05) is 0 Å². The van der Waals surface area contributed by atoms with Crippen LogP contribution in [0.5, 0.6) is 0 Å². The second-order valence-electron chi connectivity index (χ2n) is 4.63. The summed E-state index contributed by atoms with van der Waals surface area (Å²) in [6.07, 6.45) is 1.55. The molecule has 1 aliphatic carbocycles. The number of Topliss-reactive ketones (excluding diaryl/α,β-unsaturated/α-hetero) is 1. The first-order valence-corrected chi connectivity index (χ1v) is 6.44. The zero-order chi connectivity index (χ0) is 14.3. The van der Waals surface area contributed by atoms with Gasteiger partial charge in [0.15, 0.2) is 5.78 Å². The normalized spacial score (nSPS) is 13.9. The summed E-state index contributed by atoms with van der Waals surface area (Å²) in [7, 11) is 0. The molecule has 1 aromatic heterocycles. The lowest BCUT2D eigenvalue weighted by Gasteiger charge is -2.10. The van der Waals surface area contributed by atoms with E-state index in [4.69, 9.17) is 16.0 Å². The average molecular weight is 288 g/mol. The van der Waals surface area contributed by atoms with Crippen LogP contribution in [0.3, 0.4) is 0 Å². The fraction of sp³-hybridized carbons (Fsp3) is 0.133. The number of halogens is 1. The van der Waals surface area contributed by atoms with Gasteiger partial charge < -0.3 is 4.42 Å². The second kappa shape index (κ2) is 4.72. The lowest BCUT2D eigenvalue weighted by atomic mass is 10.0. The summed E-state index contributed by atoms with van der Waals surface area (Å²) in [5.74, 6) is -0.169. The molecule has 3 rings (SSSR count). The van der Waals surface area contributed by atoms with Crippen LogP contribution in [-0.2, 0) is 0 Å². The fourth-order valence-corrected chi connectivity index (χ4v) is 2.36. The van der Waals surface area contributed by atoms with Crippen molar-refractivity contribution in [1.29, 1.82) is 0 Å². The maximum absolute atomic E-state index is 12.0. The van der Waals surface area contributed by atoms with Gasteiger partial charge in [0.1, 0.15) is 5.56 Å². The predicted molar refractivity (Wildman–Crippen MR) is 75.7 cm³/mol. The molecular formula is C15H10ClNO3. The molecule has 0 saturated carbocycles. The highest BCUT2D eigenvalue weighted by molar-refractivity contribution is 6.34. The van der Waals surface area contributed by atoms with E-state index in [0.717, 1.165) is 5.56 Å². The lowest BCUT2D eigenvalue weighted by molar-refractivity contribution is 0.0989. The first-order valence-electron chi connectivity index (χ1n) is 6.06. The van der Waals surface area contributed by atoms with Crippen LogP contribution in [0.15, 0.2) is 38.5 Å². The van der Waals surface area contributed by atoms with E-state index in [1.807, 2.05) is 25.1 Å². The molecule has 0 unspecified atom stereocenters. The van der Waals surface area contributed by atoms with Gasteiger partial charge in [0, 0.05) is 17.0 Å². The van der Waals surface area contributed by atoms with Crippen LogP contribution in [-0.4, -0.2) is 10.8 Å². The minimum absolute atomic E-state index is 0.0186. The summed E-state index contributed by atoms with van der Waals surface area (Å²) in [5.41, 5.74) is 1.29. The Morgan fingerprint density at radius 1 is 1.30 bits per heavy atom. The molecule has 2 aromatic rings. The molecule has 0 bridgehead atoms. The Morgan fingerprint density at radius 3 is 2.85 bits per heavy atom. The molecule has 1 aliphatic rings. The van der Waals surface area contributed by atoms with Crippen molar-refractivity contribution in [1.82, 2.24) is 4.98 Å². The van der Waals surface area contributed by atoms with Crippen LogP contribution in [0, 0.1) is 6.92 Å². The molecule has 5 heteroatoms. The van der Waals surface area contributed by atoms with Crippen molar-refractivity contribution >= 4 is 23.5 Å². The summed E-state index contributed by atoms with van der Waals surface area (Å²) in [6.45, 7) is 1.93. The van der Waals surface area contributed by atoms with E-state index in [-0.39, 0.29) is 29.4 Å². The Hall–Kier alpha value is -2.20. The topological polar surface area (TPSA) is 60.2 Å². The van der Waals surface area contributed by atoms with Crippen molar-refractivity contribution < 1.29 is 9.21 Å². The van der Waals surface area contributed by atoms with E-state index >= 15 is 0 Å². The number of aryl methyl sites for hydroxylation is 1. The SMILES string of the molecule is Cc1cccc(-c2nc3c(c(=O)o2)C(=O)CC(Cl)=C3)c1. The minimum atomic E-state index is -0.670. The molecular weight excluding hydrogens is 278 g/mol. The first-order chi connectivity index (χ1) is 9.54. The van der Waals surface area contributed by atoms with Gasteiger partial charge in [0.25, 0.3) is 0 Å². The van der Waals surface area contributed by atoms with Gasteiger partial charge in [-0.1, -0.05) is 29.3 Å². The summed E-state index contributed by atoms with van der Waals surface area (Å²) >= 11 is 5.88. The third-order valence-electron chi connectivity index (χ3n) is 3.04. The summed E-state index contributed by atoms with van der Waals surface area (Å²) in [5, 5.41) is 0.371. The third-order valence-corrected chi connectivity index (χ3v) is 3.28. The third kappa shape index (κ3) is 2.18.